The van der Waals surface area contributed by atoms with Crippen molar-refractivity contribution in [1.82, 2.24) is 0 Å². The van der Waals surface area contributed by atoms with Crippen LogP contribution in [0.25, 0.3) is 0 Å². The van der Waals surface area contributed by atoms with Gasteiger partial charge < -0.3 is 10.1 Å². The lowest BCUT2D eigenvalue weighted by Gasteiger charge is -2.17. The van der Waals surface area contributed by atoms with E-state index in [4.69, 9.17) is 10.00 Å². The van der Waals surface area contributed by atoms with Gasteiger partial charge >= 0.3 is 0 Å². The van der Waals surface area contributed by atoms with Crippen LogP contribution in [0.1, 0.15) is 18.9 Å². The van der Waals surface area contributed by atoms with Crippen LogP contribution in [-0.2, 0) is 4.79 Å². The number of para-hydroxylation sites is 2. The summed E-state index contributed by atoms with van der Waals surface area (Å²) >= 11 is 0. The van der Waals surface area contributed by atoms with Crippen molar-refractivity contribution in [2.45, 2.75) is 19.4 Å². The van der Waals surface area contributed by atoms with E-state index in [9.17, 15) is 4.79 Å². The van der Waals surface area contributed by atoms with Crippen molar-refractivity contribution in [1.29, 1.82) is 5.26 Å². The van der Waals surface area contributed by atoms with Gasteiger partial charge in [-0.3, -0.25) is 4.79 Å². The van der Waals surface area contributed by atoms with Crippen LogP contribution in [0.2, 0.25) is 0 Å². The maximum atomic E-state index is 12.3. The Balaban J connectivity index is 2.09. The number of amides is 1. The van der Waals surface area contributed by atoms with Crippen LogP contribution >= 0.6 is 0 Å². The third-order valence-corrected chi connectivity index (χ3v) is 2.99. The van der Waals surface area contributed by atoms with E-state index in [2.05, 4.69) is 11.4 Å². The van der Waals surface area contributed by atoms with E-state index < -0.39 is 6.10 Å². The van der Waals surface area contributed by atoms with E-state index >= 15 is 0 Å². The highest BCUT2D eigenvalue weighted by Gasteiger charge is 2.19. The summed E-state index contributed by atoms with van der Waals surface area (Å²) in [6.07, 6.45) is -0.0609. The highest BCUT2D eigenvalue weighted by Crippen LogP contribution is 2.17. The lowest BCUT2D eigenvalue weighted by atomic mass is 10.2. The fourth-order valence-electron chi connectivity index (χ4n) is 1.89. The summed E-state index contributed by atoms with van der Waals surface area (Å²) in [5.74, 6) is 0.386. The van der Waals surface area contributed by atoms with Crippen molar-refractivity contribution in [3.63, 3.8) is 0 Å². The Hall–Kier alpha value is -2.80. The minimum Gasteiger partial charge on any atom is -0.481 e. The summed E-state index contributed by atoms with van der Waals surface area (Å²) in [5.41, 5.74) is 0.931. The molecule has 0 bridgehead atoms. The first-order valence-electron chi connectivity index (χ1n) is 6.76. The molecule has 0 saturated heterocycles. The van der Waals surface area contributed by atoms with E-state index in [0.29, 0.717) is 23.4 Å². The van der Waals surface area contributed by atoms with Crippen molar-refractivity contribution in [3.8, 4) is 11.8 Å². The van der Waals surface area contributed by atoms with Crippen LogP contribution in [-0.4, -0.2) is 12.0 Å². The van der Waals surface area contributed by atoms with Gasteiger partial charge in [0.15, 0.2) is 6.10 Å². The first-order chi connectivity index (χ1) is 10.2. The first-order valence-corrected chi connectivity index (χ1v) is 6.76. The van der Waals surface area contributed by atoms with E-state index in [1.165, 1.54) is 0 Å². The molecule has 0 aliphatic heterocycles. The zero-order chi connectivity index (χ0) is 15.1. The number of carbonyl (C=O) groups excluding carboxylic acids is 1. The van der Waals surface area contributed by atoms with Crippen LogP contribution in [0.5, 0.6) is 5.75 Å². The van der Waals surface area contributed by atoms with E-state index in [-0.39, 0.29) is 5.91 Å². The molecule has 0 radical (unpaired) electrons. The first kappa shape index (κ1) is 14.6. The number of nitrogens with zero attached hydrogens (tertiary/aromatic N) is 1. The summed E-state index contributed by atoms with van der Waals surface area (Å²) in [5, 5.41) is 11.8. The van der Waals surface area contributed by atoms with Crippen LogP contribution in [0.3, 0.4) is 0 Å². The van der Waals surface area contributed by atoms with Gasteiger partial charge in [-0.25, -0.2) is 0 Å². The fraction of sp³-hybridized carbons (Fsp3) is 0.176. The van der Waals surface area contributed by atoms with Gasteiger partial charge in [-0.15, -0.1) is 0 Å². The number of carbonyl (C=O) groups is 1. The Morgan fingerprint density at radius 2 is 1.86 bits per heavy atom. The summed E-state index contributed by atoms with van der Waals surface area (Å²) in [6.45, 7) is 1.88. The predicted octanol–water partition coefficient (Wildman–Crippen LogP) is 3.35. The lowest BCUT2D eigenvalue weighted by Crippen LogP contribution is -2.32. The average molecular weight is 280 g/mol. The molecule has 2 aromatic rings. The Kier molecular flexibility index (Phi) is 4.94. The normalized spacial score (nSPS) is 11.2. The lowest BCUT2D eigenvalue weighted by molar-refractivity contribution is -0.122. The second-order valence-corrected chi connectivity index (χ2v) is 4.47. The SMILES string of the molecule is CC[C@H](Oc1ccccc1)C(=O)Nc1ccccc1C#N. The number of rotatable bonds is 5. The third kappa shape index (κ3) is 3.83. The molecule has 0 aliphatic carbocycles. The summed E-state index contributed by atoms with van der Waals surface area (Å²) in [6, 6.07) is 18.1. The Morgan fingerprint density at radius 3 is 2.52 bits per heavy atom. The molecule has 106 valence electrons. The minimum absolute atomic E-state index is 0.260. The predicted molar refractivity (Wildman–Crippen MR) is 80.9 cm³/mol. The van der Waals surface area contributed by atoms with Gasteiger partial charge in [-0.05, 0) is 30.7 Å². The van der Waals surface area contributed by atoms with Gasteiger partial charge in [0.1, 0.15) is 11.8 Å². The van der Waals surface area contributed by atoms with Crippen LogP contribution < -0.4 is 10.1 Å². The quantitative estimate of drug-likeness (QED) is 0.913. The van der Waals surface area contributed by atoms with Crippen molar-refractivity contribution < 1.29 is 9.53 Å². The number of nitriles is 1. The van der Waals surface area contributed by atoms with Crippen molar-refractivity contribution >= 4 is 11.6 Å². The average Bonchev–Trinajstić information content (AvgIpc) is 2.54. The molecule has 1 atom stereocenters. The number of benzene rings is 2. The molecule has 1 amide bonds. The maximum absolute atomic E-state index is 12.3. The molecule has 0 aromatic heterocycles. The van der Waals surface area contributed by atoms with Gasteiger partial charge in [0.05, 0.1) is 11.3 Å². The zero-order valence-electron chi connectivity index (χ0n) is 11.7. The summed E-state index contributed by atoms with van der Waals surface area (Å²) < 4.78 is 5.68. The topological polar surface area (TPSA) is 62.1 Å². The molecule has 0 fully saturated rings. The Morgan fingerprint density at radius 1 is 1.19 bits per heavy atom. The second kappa shape index (κ2) is 7.11. The summed E-state index contributed by atoms with van der Waals surface area (Å²) in [4.78, 5) is 12.3. The molecule has 4 nitrogen and oxygen atoms in total. The molecule has 0 heterocycles. The van der Waals surface area contributed by atoms with E-state index in [0.717, 1.165) is 0 Å². The van der Waals surface area contributed by atoms with Crippen molar-refractivity contribution in [2.24, 2.45) is 0 Å². The molecular formula is C17H16N2O2. The molecule has 0 saturated carbocycles. The maximum Gasteiger partial charge on any atom is 0.265 e. The number of ether oxygens (including phenoxy) is 1. The number of hydrogen-bond acceptors (Lipinski definition) is 3. The van der Waals surface area contributed by atoms with Crippen LogP contribution in [0.4, 0.5) is 5.69 Å². The highest BCUT2D eigenvalue weighted by molar-refractivity contribution is 5.95. The molecule has 2 rings (SSSR count). The van der Waals surface area contributed by atoms with Crippen LogP contribution in [0.15, 0.2) is 54.6 Å². The van der Waals surface area contributed by atoms with Gasteiger partial charge in [-0.1, -0.05) is 37.3 Å². The molecular weight excluding hydrogens is 264 g/mol. The molecule has 21 heavy (non-hydrogen) atoms. The number of anilines is 1. The monoisotopic (exact) mass is 280 g/mol. The van der Waals surface area contributed by atoms with Crippen molar-refractivity contribution in [3.05, 3.63) is 60.2 Å². The zero-order valence-corrected chi connectivity index (χ0v) is 11.7. The Labute approximate surface area is 124 Å². The number of hydrogen-bond donors (Lipinski definition) is 1. The van der Waals surface area contributed by atoms with Crippen molar-refractivity contribution in [2.75, 3.05) is 5.32 Å². The fourth-order valence-corrected chi connectivity index (χ4v) is 1.89. The molecule has 2 aromatic carbocycles. The molecule has 4 heteroatoms. The largest absolute Gasteiger partial charge is 0.481 e. The number of nitrogens with one attached hydrogen (secondary N) is 1. The summed E-state index contributed by atoms with van der Waals surface area (Å²) in [7, 11) is 0. The molecule has 0 aliphatic rings. The standard InChI is InChI=1S/C17H16N2O2/c1-2-16(21-14-9-4-3-5-10-14)17(20)19-15-11-7-6-8-13(15)12-18/h3-11,16H,2H2,1H3,(H,19,20)/t16-/m0/s1. The van der Waals surface area contributed by atoms with E-state index in [1.54, 1.807) is 36.4 Å². The third-order valence-electron chi connectivity index (χ3n) is 2.99. The highest BCUT2D eigenvalue weighted by atomic mass is 16.5. The van der Waals surface area contributed by atoms with E-state index in [1.807, 2.05) is 25.1 Å². The molecule has 0 unspecified atom stereocenters. The van der Waals surface area contributed by atoms with Gasteiger partial charge in [-0.2, -0.15) is 5.26 Å². The molecule has 1 N–H and O–H groups in total. The molecule has 0 spiro atoms. The van der Waals surface area contributed by atoms with Crippen LogP contribution in [0, 0.1) is 11.3 Å². The van der Waals surface area contributed by atoms with Gasteiger partial charge in [0.25, 0.3) is 5.91 Å². The smallest absolute Gasteiger partial charge is 0.265 e. The Bertz CT molecular complexity index is 647. The minimum atomic E-state index is -0.598. The second-order valence-electron chi connectivity index (χ2n) is 4.47. The van der Waals surface area contributed by atoms with Gasteiger partial charge in [0, 0.05) is 0 Å². The van der Waals surface area contributed by atoms with Gasteiger partial charge in [0.2, 0.25) is 0 Å².